The summed E-state index contributed by atoms with van der Waals surface area (Å²) in [6.45, 7) is 21.0. The van der Waals surface area contributed by atoms with Crippen molar-refractivity contribution < 1.29 is 0 Å². The van der Waals surface area contributed by atoms with Crippen LogP contribution in [0.2, 0.25) is 0 Å². The van der Waals surface area contributed by atoms with E-state index in [1.165, 1.54) is 72.8 Å². The van der Waals surface area contributed by atoms with Crippen molar-refractivity contribution in [2.75, 3.05) is 4.90 Å². The number of rotatable bonds is 1. The standard InChI is InChI=1S/C35H36N2/c1-19-16-20(2)28(21(3)17-19)27-18-26-31-32(36-27)35(8,9)25-15-11-13-23-30(25)37(31)29-22(33(23,4)5)12-10-14-24(29)34(26,6)7/h10-18H,1-9H3. The SMILES string of the molecule is Cc1cc(C)c(-c2cc3c4c(n2)C(C)(C)c2cccc5c2N4c2c(cccc2C3(C)C)C5(C)C)c(C)c1. The Morgan fingerprint density at radius 3 is 1.54 bits per heavy atom. The molecule has 2 nitrogen and oxygen atoms in total. The second kappa shape index (κ2) is 6.72. The molecular formula is C35H36N2. The maximum atomic E-state index is 5.56. The van der Waals surface area contributed by atoms with Crippen molar-refractivity contribution in [2.24, 2.45) is 0 Å². The van der Waals surface area contributed by atoms with Gasteiger partial charge in [-0.25, -0.2) is 4.98 Å². The summed E-state index contributed by atoms with van der Waals surface area (Å²) in [5.74, 6) is 0. The van der Waals surface area contributed by atoms with E-state index in [0.717, 1.165) is 5.69 Å². The second-order valence-electron chi connectivity index (χ2n) is 13.1. The van der Waals surface area contributed by atoms with Crippen LogP contribution >= 0.6 is 0 Å². The van der Waals surface area contributed by atoms with E-state index in [-0.39, 0.29) is 16.2 Å². The first-order valence-electron chi connectivity index (χ1n) is 13.6. The zero-order chi connectivity index (χ0) is 26.2. The lowest BCUT2D eigenvalue weighted by Crippen LogP contribution is -2.44. The van der Waals surface area contributed by atoms with E-state index in [4.69, 9.17) is 4.98 Å². The van der Waals surface area contributed by atoms with Crippen molar-refractivity contribution in [2.45, 2.75) is 78.6 Å². The molecule has 37 heavy (non-hydrogen) atoms. The van der Waals surface area contributed by atoms with Crippen LogP contribution in [0.1, 0.15) is 91.7 Å². The van der Waals surface area contributed by atoms with Gasteiger partial charge in [0.1, 0.15) is 0 Å². The molecule has 3 aromatic carbocycles. The van der Waals surface area contributed by atoms with Gasteiger partial charge < -0.3 is 4.90 Å². The zero-order valence-electron chi connectivity index (χ0n) is 23.6. The quantitative estimate of drug-likeness (QED) is 0.268. The molecule has 0 fully saturated rings. The lowest BCUT2D eigenvalue weighted by molar-refractivity contribution is 0.556. The smallest absolute Gasteiger partial charge is 0.0755 e. The first-order chi connectivity index (χ1) is 17.4. The molecule has 0 N–H and O–H groups in total. The van der Waals surface area contributed by atoms with Crippen molar-refractivity contribution >= 4 is 17.1 Å². The fourth-order valence-corrected chi connectivity index (χ4v) is 7.73. The van der Waals surface area contributed by atoms with Gasteiger partial charge in [-0.3, -0.25) is 0 Å². The van der Waals surface area contributed by atoms with Crippen molar-refractivity contribution in [1.29, 1.82) is 0 Å². The fraction of sp³-hybridized carbons (Fsp3) is 0.343. The van der Waals surface area contributed by atoms with E-state index < -0.39 is 0 Å². The maximum Gasteiger partial charge on any atom is 0.0755 e. The zero-order valence-corrected chi connectivity index (χ0v) is 23.6. The third kappa shape index (κ3) is 2.59. The molecule has 186 valence electrons. The molecule has 0 unspecified atom stereocenters. The van der Waals surface area contributed by atoms with E-state index in [1.54, 1.807) is 0 Å². The predicted molar refractivity (Wildman–Crippen MR) is 155 cm³/mol. The summed E-state index contributed by atoms with van der Waals surface area (Å²) < 4.78 is 0. The normalized spacial score (nSPS) is 18.5. The van der Waals surface area contributed by atoms with Gasteiger partial charge in [-0.15, -0.1) is 0 Å². The van der Waals surface area contributed by atoms with E-state index in [1.807, 2.05) is 0 Å². The molecule has 3 aliphatic rings. The Hall–Kier alpha value is -3.39. The van der Waals surface area contributed by atoms with Gasteiger partial charge in [-0.2, -0.15) is 0 Å². The van der Waals surface area contributed by atoms with Gasteiger partial charge in [0.2, 0.25) is 0 Å². The first kappa shape index (κ1) is 22.8. The van der Waals surface area contributed by atoms with Crippen LogP contribution in [0.15, 0.2) is 54.6 Å². The topological polar surface area (TPSA) is 16.1 Å². The fourth-order valence-electron chi connectivity index (χ4n) is 7.73. The van der Waals surface area contributed by atoms with Crippen LogP contribution in [0, 0.1) is 20.8 Å². The molecule has 2 heteroatoms. The minimum absolute atomic E-state index is 0.0716. The number of nitrogens with zero attached hydrogens (tertiary/aromatic N) is 2. The van der Waals surface area contributed by atoms with Crippen molar-refractivity contribution in [3.63, 3.8) is 0 Å². The monoisotopic (exact) mass is 484 g/mol. The molecular weight excluding hydrogens is 448 g/mol. The van der Waals surface area contributed by atoms with Gasteiger partial charge >= 0.3 is 0 Å². The molecule has 0 atom stereocenters. The summed E-state index contributed by atoms with van der Waals surface area (Å²) in [7, 11) is 0. The highest BCUT2D eigenvalue weighted by Gasteiger charge is 2.52. The molecule has 0 radical (unpaired) electrons. The van der Waals surface area contributed by atoms with Crippen molar-refractivity contribution in [3.8, 4) is 11.3 Å². The lowest BCUT2D eigenvalue weighted by Gasteiger charge is -2.54. The molecule has 3 aliphatic heterocycles. The molecule has 0 amide bonds. The summed E-state index contributed by atoms with van der Waals surface area (Å²) in [6.07, 6.45) is 0. The molecule has 4 heterocycles. The molecule has 0 saturated heterocycles. The third-order valence-electron chi connectivity index (χ3n) is 9.63. The van der Waals surface area contributed by atoms with Crippen LogP contribution in [-0.4, -0.2) is 4.98 Å². The van der Waals surface area contributed by atoms with Crippen LogP contribution in [0.3, 0.4) is 0 Å². The Morgan fingerprint density at radius 2 is 1.03 bits per heavy atom. The molecule has 4 aromatic rings. The number of aryl methyl sites for hydroxylation is 3. The number of para-hydroxylation sites is 2. The summed E-state index contributed by atoms with van der Waals surface area (Å²) >= 11 is 0. The predicted octanol–water partition coefficient (Wildman–Crippen LogP) is 9.06. The average Bonchev–Trinajstić information content (AvgIpc) is 2.82. The van der Waals surface area contributed by atoms with Gasteiger partial charge in [-0.1, -0.05) is 81.8 Å². The number of anilines is 3. The lowest BCUT2D eigenvalue weighted by atomic mass is 9.62. The molecule has 0 bridgehead atoms. The number of hydrogen-bond donors (Lipinski definition) is 0. The highest BCUT2D eigenvalue weighted by atomic mass is 15.2. The Bertz CT molecular complexity index is 1570. The highest BCUT2D eigenvalue weighted by Crippen LogP contribution is 2.65. The minimum Gasteiger partial charge on any atom is -0.307 e. The van der Waals surface area contributed by atoms with Crippen LogP contribution in [0.4, 0.5) is 17.1 Å². The molecule has 7 rings (SSSR count). The third-order valence-corrected chi connectivity index (χ3v) is 9.63. The molecule has 1 aromatic heterocycles. The average molecular weight is 485 g/mol. The number of benzene rings is 3. The molecule has 0 aliphatic carbocycles. The number of hydrogen-bond acceptors (Lipinski definition) is 2. The molecule has 0 spiro atoms. The van der Waals surface area contributed by atoms with Gasteiger partial charge in [-0.05, 0) is 79.6 Å². The second-order valence-corrected chi connectivity index (χ2v) is 13.1. The number of aromatic nitrogens is 1. The van der Waals surface area contributed by atoms with Gasteiger partial charge in [0.25, 0.3) is 0 Å². The Labute approximate surface area is 221 Å². The van der Waals surface area contributed by atoms with Gasteiger partial charge in [0, 0.05) is 21.8 Å². The van der Waals surface area contributed by atoms with E-state index in [9.17, 15) is 0 Å². The Morgan fingerprint density at radius 1 is 0.568 bits per heavy atom. The summed E-state index contributed by atoms with van der Waals surface area (Å²) in [5.41, 5.74) is 18.1. The Kier molecular flexibility index (Phi) is 4.14. The van der Waals surface area contributed by atoms with Gasteiger partial charge in [0.05, 0.1) is 28.5 Å². The van der Waals surface area contributed by atoms with E-state index >= 15 is 0 Å². The maximum absolute atomic E-state index is 5.56. The Balaban J connectivity index is 1.67. The molecule has 0 saturated carbocycles. The summed E-state index contributed by atoms with van der Waals surface area (Å²) in [4.78, 5) is 8.15. The summed E-state index contributed by atoms with van der Waals surface area (Å²) in [5, 5.41) is 0. The van der Waals surface area contributed by atoms with Crippen molar-refractivity contribution in [3.05, 3.63) is 105 Å². The van der Waals surface area contributed by atoms with E-state index in [2.05, 4.69) is 122 Å². The van der Waals surface area contributed by atoms with Crippen LogP contribution in [0.5, 0.6) is 0 Å². The van der Waals surface area contributed by atoms with E-state index in [0.29, 0.717) is 0 Å². The highest BCUT2D eigenvalue weighted by molar-refractivity contribution is 5.98. The number of pyridine rings is 1. The largest absolute Gasteiger partial charge is 0.307 e. The van der Waals surface area contributed by atoms with Crippen LogP contribution < -0.4 is 4.90 Å². The van der Waals surface area contributed by atoms with Gasteiger partial charge in [0.15, 0.2) is 0 Å². The minimum atomic E-state index is -0.218. The van der Waals surface area contributed by atoms with Crippen LogP contribution in [0.25, 0.3) is 11.3 Å². The first-order valence-corrected chi connectivity index (χ1v) is 13.6. The van der Waals surface area contributed by atoms with Crippen LogP contribution in [-0.2, 0) is 16.2 Å². The summed E-state index contributed by atoms with van der Waals surface area (Å²) in [6, 6.07) is 20.9. The van der Waals surface area contributed by atoms with Crippen molar-refractivity contribution in [1.82, 2.24) is 4.98 Å².